The number of hydrogen-bond acceptors (Lipinski definition) is 3. The minimum atomic E-state index is -0.335. The second kappa shape index (κ2) is 3.74. The van der Waals surface area contributed by atoms with Crippen LogP contribution in [-0.4, -0.2) is 22.6 Å². The van der Waals surface area contributed by atoms with Crippen molar-refractivity contribution in [1.82, 2.24) is 9.55 Å². The van der Waals surface area contributed by atoms with Crippen LogP contribution in [0.1, 0.15) is 29.2 Å². The van der Waals surface area contributed by atoms with E-state index in [4.69, 9.17) is 16.3 Å². The summed E-state index contributed by atoms with van der Waals surface area (Å²) in [6.45, 7) is 0. The lowest BCUT2D eigenvalue weighted by molar-refractivity contribution is 0.0602. The lowest BCUT2D eigenvalue weighted by Gasteiger charge is -2.00. The average molecular weight is 251 g/mol. The van der Waals surface area contributed by atoms with Crippen LogP contribution < -0.4 is 0 Å². The Bertz CT molecular complexity index is 602. The Morgan fingerprint density at radius 1 is 1.53 bits per heavy atom. The molecule has 1 aliphatic carbocycles. The van der Waals surface area contributed by atoms with Gasteiger partial charge in [0.05, 0.1) is 12.7 Å². The van der Waals surface area contributed by atoms with Gasteiger partial charge in [0, 0.05) is 17.6 Å². The molecule has 2 heterocycles. The van der Waals surface area contributed by atoms with Crippen molar-refractivity contribution in [3.8, 4) is 0 Å². The van der Waals surface area contributed by atoms with Gasteiger partial charge in [0.25, 0.3) is 0 Å². The summed E-state index contributed by atoms with van der Waals surface area (Å²) < 4.78 is 6.80. The molecular weight excluding hydrogens is 240 g/mol. The molecule has 4 nitrogen and oxygen atoms in total. The SMILES string of the molecule is COC(=O)c1cn(C2CC2)c2nc(Cl)ccc12. The molecule has 0 radical (unpaired) electrons. The standard InChI is InChI=1S/C12H11ClN2O2/c1-17-12(16)9-6-15(7-2-3-7)11-8(9)4-5-10(13)14-11/h4-7H,2-3H2,1H3. The Labute approximate surface area is 103 Å². The molecule has 0 aromatic carbocycles. The first-order valence-corrected chi connectivity index (χ1v) is 5.84. The molecule has 0 spiro atoms. The third-order valence-corrected chi connectivity index (χ3v) is 3.20. The fourth-order valence-corrected chi connectivity index (χ4v) is 2.15. The number of esters is 1. The summed E-state index contributed by atoms with van der Waals surface area (Å²) in [6, 6.07) is 3.95. The van der Waals surface area contributed by atoms with Crippen LogP contribution in [0, 0.1) is 0 Å². The third-order valence-electron chi connectivity index (χ3n) is 2.99. The van der Waals surface area contributed by atoms with Crippen LogP contribution >= 0.6 is 11.6 Å². The van der Waals surface area contributed by atoms with E-state index >= 15 is 0 Å². The maximum absolute atomic E-state index is 11.7. The Morgan fingerprint density at radius 3 is 2.94 bits per heavy atom. The van der Waals surface area contributed by atoms with Crippen molar-refractivity contribution in [1.29, 1.82) is 0 Å². The van der Waals surface area contributed by atoms with Gasteiger partial charge >= 0.3 is 5.97 Å². The van der Waals surface area contributed by atoms with E-state index < -0.39 is 0 Å². The van der Waals surface area contributed by atoms with Gasteiger partial charge in [-0.3, -0.25) is 0 Å². The molecule has 17 heavy (non-hydrogen) atoms. The van der Waals surface area contributed by atoms with Crippen molar-refractivity contribution in [2.24, 2.45) is 0 Å². The molecule has 2 aromatic heterocycles. The summed E-state index contributed by atoms with van der Waals surface area (Å²) in [4.78, 5) is 16.0. The molecule has 1 saturated carbocycles. The number of pyridine rings is 1. The van der Waals surface area contributed by atoms with Crippen molar-refractivity contribution in [3.05, 3.63) is 29.0 Å². The highest BCUT2D eigenvalue weighted by atomic mass is 35.5. The molecule has 88 valence electrons. The van der Waals surface area contributed by atoms with E-state index in [2.05, 4.69) is 4.98 Å². The van der Waals surface area contributed by atoms with Crippen LogP contribution in [0.2, 0.25) is 5.15 Å². The number of nitrogens with zero attached hydrogens (tertiary/aromatic N) is 2. The average Bonchev–Trinajstić information content (AvgIpc) is 3.10. The monoisotopic (exact) mass is 250 g/mol. The Balaban J connectivity index is 2.26. The second-order valence-electron chi connectivity index (χ2n) is 4.18. The Morgan fingerprint density at radius 2 is 2.29 bits per heavy atom. The minimum absolute atomic E-state index is 0.335. The predicted molar refractivity (Wildman–Crippen MR) is 64.4 cm³/mol. The summed E-state index contributed by atoms with van der Waals surface area (Å²) >= 11 is 5.90. The number of fused-ring (bicyclic) bond motifs is 1. The number of aromatic nitrogens is 2. The zero-order chi connectivity index (χ0) is 12.0. The molecule has 0 atom stereocenters. The van der Waals surface area contributed by atoms with Gasteiger partial charge in [-0.2, -0.15) is 0 Å². The quantitative estimate of drug-likeness (QED) is 0.608. The van der Waals surface area contributed by atoms with E-state index in [9.17, 15) is 4.79 Å². The van der Waals surface area contributed by atoms with Gasteiger partial charge < -0.3 is 9.30 Å². The van der Waals surface area contributed by atoms with Gasteiger partial charge in [0.2, 0.25) is 0 Å². The van der Waals surface area contributed by atoms with E-state index in [1.807, 2.05) is 16.8 Å². The number of halogens is 1. The van der Waals surface area contributed by atoms with Crippen LogP contribution in [0.4, 0.5) is 0 Å². The number of carbonyl (C=O) groups is 1. The van der Waals surface area contributed by atoms with Gasteiger partial charge in [-0.1, -0.05) is 11.6 Å². The summed E-state index contributed by atoms with van der Waals surface area (Å²) in [7, 11) is 1.38. The number of hydrogen-bond donors (Lipinski definition) is 0. The van der Waals surface area contributed by atoms with Gasteiger partial charge in [-0.05, 0) is 25.0 Å². The highest BCUT2D eigenvalue weighted by Crippen LogP contribution is 2.38. The maximum atomic E-state index is 11.7. The zero-order valence-corrected chi connectivity index (χ0v) is 10.1. The molecule has 0 unspecified atom stereocenters. The van der Waals surface area contributed by atoms with Crippen molar-refractivity contribution in [2.75, 3.05) is 7.11 Å². The smallest absolute Gasteiger partial charge is 0.340 e. The first kappa shape index (κ1) is 10.6. The van der Waals surface area contributed by atoms with Gasteiger partial charge in [-0.15, -0.1) is 0 Å². The first-order chi connectivity index (χ1) is 8.20. The molecule has 0 bridgehead atoms. The maximum Gasteiger partial charge on any atom is 0.340 e. The van der Waals surface area contributed by atoms with E-state index in [-0.39, 0.29) is 5.97 Å². The van der Waals surface area contributed by atoms with E-state index in [0.717, 1.165) is 23.9 Å². The van der Waals surface area contributed by atoms with Crippen molar-refractivity contribution >= 4 is 28.6 Å². The highest BCUT2D eigenvalue weighted by Gasteiger charge is 2.28. The van der Waals surface area contributed by atoms with Crippen LogP contribution in [0.5, 0.6) is 0 Å². The molecule has 0 N–H and O–H groups in total. The Hall–Kier alpha value is -1.55. The molecule has 3 rings (SSSR count). The van der Waals surface area contributed by atoms with Crippen molar-refractivity contribution in [2.45, 2.75) is 18.9 Å². The zero-order valence-electron chi connectivity index (χ0n) is 9.31. The molecule has 1 aliphatic rings. The first-order valence-electron chi connectivity index (χ1n) is 5.46. The molecule has 0 saturated heterocycles. The van der Waals surface area contributed by atoms with Crippen LogP contribution in [-0.2, 0) is 4.74 Å². The van der Waals surface area contributed by atoms with Crippen molar-refractivity contribution in [3.63, 3.8) is 0 Å². The fraction of sp³-hybridized carbons (Fsp3) is 0.333. The second-order valence-corrected chi connectivity index (χ2v) is 4.57. The van der Waals surface area contributed by atoms with E-state index in [0.29, 0.717) is 16.8 Å². The molecule has 5 heteroatoms. The van der Waals surface area contributed by atoms with E-state index in [1.54, 1.807) is 6.07 Å². The lowest BCUT2D eigenvalue weighted by Crippen LogP contribution is -1.99. The summed E-state index contributed by atoms with van der Waals surface area (Å²) in [5, 5.41) is 1.24. The van der Waals surface area contributed by atoms with Crippen LogP contribution in [0.25, 0.3) is 11.0 Å². The molecule has 2 aromatic rings. The van der Waals surface area contributed by atoms with E-state index in [1.165, 1.54) is 7.11 Å². The van der Waals surface area contributed by atoms with Gasteiger partial charge in [-0.25, -0.2) is 9.78 Å². The third kappa shape index (κ3) is 1.69. The van der Waals surface area contributed by atoms with Crippen molar-refractivity contribution < 1.29 is 9.53 Å². The fourth-order valence-electron chi connectivity index (χ4n) is 2.01. The number of methoxy groups -OCH3 is 1. The number of carbonyl (C=O) groups excluding carboxylic acids is 1. The largest absolute Gasteiger partial charge is 0.465 e. The normalized spacial score (nSPS) is 15.2. The molecule has 0 amide bonds. The molecular formula is C12H11ClN2O2. The predicted octanol–water partition coefficient (Wildman–Crippen LogP) is 2.81. The van der Waals surface area contributed by atoms with Gasteiger partial charge in [0.15, 0.2) is 0 Å². The van der Waals surface area contributed by atoms with Gasteiger partial charge in [0.1, 0.15) is 10.8 Å². The minimum Gasteiger partial charge on any atom is -0.465 e. The number of rotatable bonds is 2. The number of ether oxygens (including phenoxy) is 1. The van der Waals surface area contributed by atoms with Crippen LogP contribution in [0.3, 0.4) is 0 Å². The summed E-state index contributed by atoms with van der Waals surface area (Å²) in [5.74, 6) is -0.335. The summed E-state index contributed by atoms with van der Waals surface area (Å²) in [6.07, 6.45) is 4.06. The Kier molecular flexibility index (Phi) is 2.33. The molecule has 0 aliphatic heterocycles. The molecule has 1 fully saturated rings. The lowest BCUT2D eigenvalue weighted by atomic mass is 10.2. The topological polar surface area (TPSA) is 44.1 Å². The van der Waals surface area contributed by atoms with Crippen LogP contribution in [0.15, 0.2) is 18.3 Å². The highest BCUT2D eigenvalue weighted by molar-refractivity contribution is 6.29. The summed E-state index contributed by atoms with van der Waals surface area (Å²) in [5.41, 5.74) is 1.32.